The van der Waals surface area contributed by atoms with Crippen LogP contribution in [0.15, 0.2) is 48.5 Å². The van der Waals surface area contributed by atoms with Gasteiger partial charge < -0.3 is 10.4 Å². The molecule has 4 heteroatoms. The van der Waals surface area contributed by atoms with Crippen molar-refractivity contribution in [3.05, 3.63) is 65.5 Å². The third-order valence-corrected chi connectivity index (χ3v) is 2.87. The molecule has 0 saturated carbocycles. The normalized spacial score (nSPS) is 11.9. The van der Waals surface area contributed by atoms with Crippen molar-refractivity contribution in [1.82, 2.24) is 0 Å². The number of carboxylic acids is 1. The van der Waals surface area contributed by atoms with Gasteiger partial charge in [0, 0.05) is 5.69 Å². The van der Waals surface area contributed by atoms with Gasteiger partial charge in [-0.2, -0.15) is 0 Å². The first-order valence-electron chi connectivity index (χ1n) is 5.88. The summed E-state index contributed by atoms with van der Waals surface area (Å²) in [6.07, 6.45) is 0. The lowest BCUT2D eigenvalue weighted by Crippen LogP contribution is -2.21. The summed E-state index contributed by atoms with van der Waals surface area (Å²) in [6.45, 7) is 1.88. The molecule has 0 fully saturated rings. The van der Waals surface area contributed by atoms with Crippen molar-refractivity contribution in [2.45, 2.75) is 13.0 Å². The summed E-state index contributed by atoms with van der Waals surface area (Å²) in [7, 11) is 0. The molecule has 0 radical (unpaired) electrons. The van der Waals surface area contributed by atoms with Gasteiger partial charge in [0.2, 0.25) is 0 Å². The highest BCUT2D eigenvalue weighted by Gasteiger charge is 2.20. The molecule has 19 heavy (non-hydrogen) atoms. The Hall–Kier alpha value is -2.36. The number of anilines is 1. The number of aryl methyl sites for hydroxylation is 1. The van der Waals surface area contributed by atoms with Gasteiger partial charge in [0.1, 0.15) is 5.82 Å². The second-order valence-corrected chi connectivity index (χ2v) is 4.29. The fourth-order valence-electron chi connectivity index (χ4n) is 1.86. The fraction of sp³-hybridized carbons (Fsp3) is 0.133. The first-order valence-corrected chi connectivity index (χ1v) is 5.88. The lowest BCUT2D eigenvalue weighted by molar-refractivity contribution is -0.138. The monoisotopic (exact) mass is 259 g/mol. The summed E-state index contributed by atoms with van der Waals surface area (Å²) in [5.74, 6) is -1.50. The highest BCUT2D eigenvalue weighted by Crippen LogP contribution is 2.23. The van der Waals surface area contributed by atoms with Crippen LogP contribution < -0.4 is 5.32 Å². The highest BCUT2D eigenvalue weighted by atomic mass is 19.1. The molecule has 0 bridgehead atoms. The van der Waals surface area contributed by atoms with E-state index in [1.165, 1.54) is 18.2 Å². The predicted octanol–water partition coefficient (Wildman–Crippen LogP) is 3.37. The van der Waals surface area contributed by atoms with E-state index in [2.05, 4.69) is 5.32 Å². The zero-order chi connectivity index (χ0) is 13.8. The van der Waals surface area contributed by atoms with E-state index in [-0.39, 0.29) is 0 Å². The Kier molecular flexibility index (Phi) is 3.80. The molecular weight excluding hydrogens is 245 g/mol. The number of nitrogens with one attached hydrogen (secondary N) is 1. The number of carbonyl (C=O) groups is 1. The number of carboxylic acid groups (broad SMARTS) is 1. The lowest BCUT2D eigenvalue weighted by atomic mass is 10.1. The van der Waals surface area contributed by atoms with E-state index in [1.54, 1.807) is 12.1 Å². The molecule has 0 spiro atoms. The smallest absolute Gasteiger partial charge is 0.330 e. The van der Waals surface area contributed by atoms with Gasteiger partial charge in [-0.25, -0.2) is 9.18 Å². The predicted molar refractivity (Wildman–Crippen MR) is 71.6 cm³/mol. The Bertz CT molecular complexity index is 598. The minimum absolute atomic E-state index is 0.385. The quantitative estimate of drug-likeness (QED) is 0.885. The fourth-order valence-corrected chi connectivity index (χ4v) is 1.86. The first-order chi connectivity index (χ1) is 9.08. The van der Waals surface area contributed by atoms with Gasteiger partial charge in [0.05, 0.1) is 0 Å². The van der Waals surface area contributed by atoms with Crippen LogP contribution in [0.2, 0.25) is 0 Å². The molecule has 0 amide bonds. The van der Waals surface area contributed by atoms with Crippen LogP contribution in [0.1, 0.15) is 17.2 Å². The van der Waals surface area contributed by atoms with Crippen LogP contribution in [0.3, 0.4) is 0 Å². The van der Waals surface area contributed by atoms with Crippen molar-refractivity contribution < 1.29 is 14.3 Å². The van der Waals surface area contributed by atoms with Crippen LogP contribution in [-0.4, -0.2) is 11.1 Å². The van der Waals surface area contributed by atoms with Crippen molar-refractivity contribution in [3.8, 4) is 0 Å². The standard InChI is InChI=1S/C15H14FNO2/c1-10-5-2-3-8-13(10)17-14(15(18)19)11-6-4-7-12(16)9-11/h2-9,14,17H,1H3,(H,18,19). The first kappa shape index (κ1) is 13.1. The summed E-state index contributed by atoms with van der Waals surface area (Å²) in [5, 5.41) is 12.2. The number of benzene rings is 2. The molecule has 0 aliphatic heterocycles. The van der Waals surface area contributed by atoms with Crippen molar-refractivity contribution in [1.29, 1.82) is 0 Å². The van der Waals surface area contributed by atoms with E-state index in [1.807, 2.05) is 25.1 Å². The van der Waals surface area contributed by atoms with E-state index < -0.39 is 17.8 Å². The number of rotatable bonds is 4. The van der Waals surface area contributed by atoms with Crippen molar-refractivity contribution in [3.63, 3.8) is 0 Å². The van der Waals surface area contributed by atoms with E-state index >= 15 is 0 Å². The third kappa shape index (κ3) is 3.10. The van der Waals surface area contributed by atoms with Gasteiger partial charge in [-0.1, -0.05) is 30.3 Å². The summed E-state index contributed by atoms with van der Waals surface area (Å²) < 4.78 is 13.2. The summed E-state index contributed by atoms with van der Waals surface area (Å²) >= 11 is 0. The van der Waals surface area contributed by atoms with E-state index in [9.17, 15) is 14.3 Å². The maximum atomic E-state index is 13.2. The van der Waals surface area contributed by atoms with Crippen LogP contribution in [-0.2, 0) is 4.79 Å². The highest BCUT2D eigenvalue weighted by molar-refractivity contribution is 5.79. The molecule has 2 aromatic rings. The zero-order valence-electron chi connectivity index (χ0n) is 10.4. The van der Waals surface area contributed by atoms with Crippen LogP contribution in [0.25, 0.3) is 0 Å². The molecule has 0 aromatic heterocycles. The average Bonchev–Trinajstić information content (AvgIpc) is 2.37. The Labute approximate surface area is 110 Å². The van der Waals surface area contributed by atoms with Gasteiger partial charge in [0.25, 0.3) is 0 Å². The van der Waals surface area contributed by atoms with Gasteiger partial charge >= 0.3 is 5.97 Å². The van der Waals surface area contributed by atoms with Crippen LogP contribution >= 0.6 is 0 Å². The summed E-state index contributed by atoms with van der Waals surface area (Å²) in [4.78, 5) is 11.3. The molecule has 1 atom stereocenters. The SMILES string of the molecule is Cc1ccccc1NC(C(=O)O)c1cccc(F)c1. The van der Waals surface area contributed by atoms with E-state index in [0.29, 0.717) is 5.56 Å². The Morgan fingerprint density at radius 2 is 1.95 bits per heavy atom. The molecule has 2 rings (SSSR count). The average molecular weight is 259 g/mol. The molecular formula is C15H14FNO2. The molecule has 98 valence electrons. The number of hydrogen-bond acceptors (Lipinski definition) is 2. The number of hydrogen-bond donors (Lipinski definition) is 2. The van der Waals surface area contributed by atoms with Crippen molar-refractivity contribution in [2.75, 3.05) is 5.32 Å². The maximum absolute atomic E-state index is 13.2. The minimum Gasteiger partial charge on any atom is -0.479 e. The molecule has 1 unspecified atom stereocenters. The Balaban J connectivity index is 2.32. The Morgan fingerprint density at radius 3 is 2.58 bits per heavy atom. The molecule has 0 aliphatic carbocycles. The molecule has 0 aliphatic rings. The number of aliphatic carboxylic acids is 1. The number of para-hydroxylation sites is 1. The van der Waals surface area contributed by atoms with Gasteiger partial charge in [-0.15, -0.1) is 0 Å². The summed E-state index contributed by atoms with van der Waals surface area (Å²) in [5.41, 5.74) is 2.04. The zero-order valence-corrected chi connectivity index (χ0v) is 10.4. The molecule has 0 saturated heterocycles. The van der Waals surface area contributed by atoms with Crippen molar-refractivity contribution >= 4 is 11.7 Å². The Morgan fingerprint density at radius 1 is 1.21 bits per heavy atom. The third-order valence-electron chi connectivity index (χ3n) is 2.87. The molecule has 0 heterocycles. The summed E-state index contributed by atoms with van der Waals surface area (Å²) in [6, 6.07) is 12.0. The molecule has 3 nitrogen and oxygen atoms in total. The second-order valence-electron chi connectivity index (χ2n) is 4.29. The largest absolute Gasteiger partial charge is 0.479 e. The second kappa shape index (κ2) is 5.52. The van der Waals surface area contributed by atoms with E-state index in [4.69, 9.17) is 0 Å². The maximum Gasteiger partial charge on any atom is 0.330 e. The van der Waals surface area contributed by atoms with E-state index in [0.717, 1.165) is 11.3 Å². The topological polar surface area (TPSA) is 49.3 Å². The van der Waals surface area contributed by atoms with Gasteiger partial charge in [-0.3, -0.25) is 0 Å². The molecule has 2 N–H and O–H groups in total. The van der Waals surface area contributed by atoms with Crippen LogP contribution in [0, 0.1) is 12.7 Å². The van der Waals surface area contributed by atoms with Crippen molar-refractivity contribution in [2.24, 2.45) is 0 Å². The van der Waals surface area contributed by atoms with Crippen LogP contribution in [0.4, 0.5) is 10.1 Å². The molecule has 2 aromatic carbocycles. The minimum atomic E-state index is -1.05. The van der Waals surface area contributed by atoms with Gasteiger partial charge in [0.15, 0.2) is 6.04 Å². The van der Waals surface area contributed by atoms with Gasteiger partial charge in [-0.05, 0) is 36.2 Å². The number of halogens is 1. The lowest BCUT2D eigenvalue weighted by Gasteiger charge is -2.17. The van der Waals surface area contributed by atoms with Crippen LogP contribution in [0.5, 0.6) is 0 Å².